The van der Waals surface area contributed by atoms with E-state index in [0.29, 0.717) is 17.5 Å². The molecule has 0 aromatic heterocycles. The topological polar surface area (TPSA) is 46.5 Å². The summed E-state index contributed by atoms with van der Waals surface area (Å²) in [5.74, 6) is -0.347. The molecular weight excluding hydrogens is 429 g/mol. The highest BCUT2D eigenvalue weighted by Gasteiger charge is 2.41. The van der Waals surface area contributed by atoms with E-state index >= 15 is 0 Å². The second kappa shape index (κ2) is 21.2. The van der Waals surface area contributed by atoms with Gasteiger partial charge in [-0.05, 0) is 32.1 Å². The minimum atomic E-state index is -3.55. The Morgan fingerprint density at radius 2 is 1.09 bits per heavy atom. The van der Waals surface area contributed by atoms with Crippen molar-refractivity contribution in [2.75, 3.05) is 27.7 Å². The summed E-state index contributed by atoms with van der Waals surface area (Å²) in [7, 11) is 2.31. The number of unbranched alkanes of at least 4 members (excludes halogenated alkanes) is 16. The highest BCUT2D eigenvalue weighted by molar-refractivity contribution is 7.53. The highest BCUT2D eigenvalue weighted by atomic mass is 31.2. The molecule has 198 valence electrons. The number of allylic oxidation sites excluding steroid dienone is 2. The Labute approximate surface area is 207 Å². The molecule has 0 spiro atoms. The van der Waals surface area contributed by atoms with E-state index in [-0.39, 0.29) is 5.78 Å². The zero-order valence-corrected chi connectivity index (χ0v) is 23.9. The number of hydrogen-bond acceptors (Lipinski definition) is 2. The Morgan fingerprint density at radius 3 is 1.48 bits per heavy atom. The molecule has 0 aliphatic carbocycles. The van der Waals surface area contributed by atoms with Crippen molar-refractivity contribution in [3.05, 3.63) is 12.2 Å². The summed E-state index contributed by atoms with van der Waals surface area (Å²) < 4.78 is 18.4. The molecule has 0 heterocycles. The first-order valence-corrected chi connectivity index (χ1v) is 15.8. The van der Waals surface area contributed by atoms with Crippen LogP contribution in [-0.4, -0.2) is 42.9 Å². The Hall–Kier alpha value is -0.150. The van der Waals surface area contributed by atoms with E-state index in [1.54, 1.807) is 0 Å². The van der Waals surface area contributed by atoms with Gasteiger partial charge in [-0.25, -0.2) is 0 Å². The lowest BCUT2D eigenvalue weighted by Gasteiger charge is -2.35. The Morgan fingerprint density at radius 1 is 0.697 bits per heavy atom. The maximum Gasteiger partial charge on any atom is 0.385 e. The third-order valence-electron chi connectivity index (χ3n) is 6.57. The van der Waals surface area contributed by atoms with Gasteiger partial charge in [0.15, 0.2) is 5.78 Å². The van der Waals surface area contributed by atoms with Crippen molar-refractivity contribution in [1.82, 2.24) is 0 Å². The first-order chi connectivity index (χ1) is 15.8. The van der Waals surface area contributed by atoms with Crippen molar-refractivity contribution in [3.63, 3.8) is 0 Å². The molecule has 4 nitrogen and oxygen atoms in total. The van der Waals surface area contributed by atoms with Crippen LogP contribution < -0.4 is 0 Å². The first-order valence-electron chi connectivity index (χ1n) is 14.2. The lowest BCUT2D eigenvalue weighted by atomic mass is 10.0. The van der Waals surface area contributed by atoms with E-state index in [9.17, 15) is 9.46 Å². The van der Waals surface area contributed by atoms with Gasteiger partial charge >= 0.3 is 7.60 Å². The van der Waals surface area contributed by atoms with Crippen LogP contribution >= 0.6 is 7.60 Å². The van der Waals surface area contributed by atoms with Crippen molar-refractivity contribution in [2.45, 2.75) is 142 Å². The van der Waals surface area contributed by atoms with Gasteiger partial charge < -0.3 is 13.9 Å². The lowest BCUT2D eigenvalue weighted by Crippen LogP contribution is -2.44. The predicted molar refractivity (Wildman–Crippen MR) is 146 cm³/mol. The molecule has 1 N–H and O–H groups in total. The van der Waals surface area contributed by atoms with Gasteiger partial charge in [0, 0.05) is 6.42 Å². The van der Waals surface area contributed by atoms with Crippen molar-refractivity contribution in [1.29, 1.82) is 0 Å². The van der Waals surface area contributed by atoms with Crippen LogP contribution in [0.25, 0.3) is 0 Å². The minimum Gasteiger partial charge on any atom is -0.320 e. The molecule has 0 rings (SSSR count). The first kappa shape index (κ1) is 32.8. The second-order valence-electron chi connectivity index (χ2n) is 10.8. The van der Waals surface area contributed by atoms with Gasteiger partial charge in [0.25, 0.3) is 0 Å². The fraction of sp³-hybridized carbons (Fsp3) is 0.929. The highest BCUT2D eigenvalue weighted by Crippen LogP contribution is 2.51. The molecule has 0 aliphatic heterocycles. The van der Waals surface area contributed by atoms with Crippen LogP contribution in [0.15, 0.2) is 12.2 Å². The van der Waals surface area contributed by atoms with Crippen LogP contribution in [0.1, 0.15) is 136 Å². The molecule has 2 unspecified atom stereocenters. The van der Waals surface area contributed by atoms with E-state index in [0.717, 1.165) is 12.8 Å². The van der Waals surface area contributed by atoms with Gasteiger partial charge in [-0.3, -0.25) is 4.57 Å². The summed E-state index contributed by atoms with van der Waals surface area (Å²) in [5.41, 5.74) is 0. The third kappa shape index (κ3) is 19.8. The van der Waals surface area contributed by atoms with Gasteiger partial charge in [-0.1, -0.05) is 109 Å². The molecule has 0 radical (unpaired) electrons. The van der Waals surface area contributed by atoms with Crippen LogP contribution in [0.5, 0.6) is 0 Å². The van der Waals surface area contributed by atoms with Crippen molar-refractivity contribution in [2.24, 2.45) is 0 Å². The molecule has 0 saturated carbocycles. The zero-order valence-electron chi connectivity index (χ0n) is 23.0. The standard InChI is InChI=1S/C28H58NO3P/c1-6-8-9-10-11-12-13-14-15-16-17-18-19-20-21-22-23-24-25-26-27-32-33(30,31)28(7-2)29(3,4)5/h11-12,28H,6-10,13-27H2,1-5H3/p+1. The summed E-state index contributed by atoms with van der Waals surface area (Å²) in [6.07, 6.45) is 28.9. The summed E-state index contributed by atoms with van der Waals surface area (Å²) in [5, 5.41) is 0. The van der Waals surface area contributed by atoms with E-state index in [1.807, 2.05) is 28.1 Å². The van der Waals surface area contributed by atoms with Crippen LogP contribution in [0.2, 0.25) is 0 Å². The van der Waals surface area contributed by atoms with Crippen LogP contribution in [-0.2, 0) is 9.09 Å². The van der Waals surface area contributed by atoms with Crippen molar-refractivity contribution < 1.29 is 18.5 Å². The predicted octanol–water partition coefficient (Wildman–Crippen LogP) is 9.23. The van der Waals surface area contributed by atoms with Crippen LogP contribution in [0.4, 0.5) is 0 Å². The van der Waals surface area contributed by atoms with Gasteiger partial charge in [0.1, 0.15) is 0 Å². The summed E-state index contributed by atoms with van der Waals surface area (Å²) in [6, 6.07) is 0. The second-order valence-corrected chi connectivity index (χ2v) is 12.7. The van der Waals surface area contributed by atoms with Gasteiger partial charge in [0.05, 0.1) is 27.7 Å². The third-order valence-corrected chi connectivity index (χ3v) is 8.93. The SMILES string of the molecule is CCCCCC=CCCCCCCCCCCCCCCCOP(=O)(O)C(CC)[N+](C)(C)C. The molecule has 33 heavy (non-hydrogen) atoms. The van der Waals surface area contributed by atoms with Crippen molar-refractivity contribution >= 4 is 7.60 Å². The van der Waals surface area contributed by atoms with Crippen LogP contribution in [0, 0.1) is 0 Å². The van der Waals surface area contributed by atoms with Gasteiger partial charge in [-0.15, -0.1) is 0 Å². The Bertz CT molecular complexity index is 502. The van der Waals surface area contributed by atoms with Crippen molar-refractivity contribution in [3.8, 4) is 0 Å². The number of hydrogen-bond donors (Lipinski definition) is 1. The molecule has 0 aromatic carbocycles. The Kier molecular flexibility index (Phi) is 21.1. The molecule has 0 aromatic rings. The number of rotatable bonds is 24. The number of nitrogens with zero attached hydrogens (tertiary/aromatic N) is 1. The molecular formula is C28H59NO3P+. The smallest absolute Gasteiger partial charge is 0.320 e. The Balaban J connectivity index is 3.40. The van der Waals surface area contributed by atoms with Gasteiger partial charge in [0.2, 0.25) is 0 Å². The van der Waals surface area contributed by atoms with Gasteiger partial charge in [-0.2, -0.15) is 0 Å². The normalized spacial score (nSPS) is 15.2. The summed E-state index contributed by atoms with van der Waals surface area (Å²) in [6.45, 7) is 4.62. The molecule has 0 amide bonds. The maximum absolute atomic E-state index is 12.5. The average molecular weight is 489 g/mol. The molecule has 2 atom stereocenters. The fourth-order valence-corrected chi connectivity index (χ4v) is 6.45. The van der Waals surface area contributed by atoms with E-state index in [1.165, 1.54) is 103 Å². The number of quaternary nitrogens is 1. The largest absolute Gasteiger partial charge is 0.385 e. The van der Waals surface area contributed by atoms with E-state index in [2.05, 4.69) is 19.1 Å². The van der Waals surface area contributed by atoms with E-state index in [4.69, 9.17) is 4.52 Å². The molecule has 0 saturated heterocycles. The fourth-order valence-electron chi connectivity index (χ4n) is 4.55. The molecule has 0 fully saturated rings. The maximum atomic E-state index is 12.5. The molecule has 0 bridgehead atoms. The summed E-state index contributed by atoms with van der Waals surface area (Å²) >= 11 is 0. The average Bonchev–Trinajstić information content (AvgIpc) is 2.74. The van der Waals surface area contributed by atoms with Crippen LogP contribution in [0.3, 0.4) is 0 Å². The minimum absolute atomic E-state index is 0.347. The molecule has 5 heteroatoms. The zero-order chi connectivity index (χ0) is 24.8. The molecule has 0 aliphatic rings. The lowest BCUT2D eigenvalue weighted by molar-refractivity contribution is -0.883. The summed E-state index contributed by atoms with van der Waals surface area (Å²) in [4.78, 5) is 10.3. The van der Waals surface area contributed by atoms with E-state index < -0.39 is 7.60 Å². The quantitative estimate of drug-likeness (QED) is 0.0637. The monoisotopic (exact) mass is 488 g/mol.